The van der Waals surface area contributed by atoms with E-state index in [1.165, 1.54) is 18.3 Å². The first-order valence-electron chi connectivity index (χ1n) is 5.53. The number of benzene rings is 1. The molecule has 1 unspecified atom stereocenters. The van der Waals surface area contributed by atoms with Crippen LogP contribution in [0.25, 0.3) is 5.31 Å². The van der Waals surface area contributed by atoms with E-state index in [2.05, 4.69) is 5.43 Å². The van der Waals surface area contributed by atoms with E-state index in [1.54, 1.807) is 7.05 Å². The van der Waals surface area contributed by atoms with Crippen LogP contribution in [-0.4, -0.2) is 29.5 Å². The molecule has 0 fully saturated rings. The molecule has 0 bridgehead atoms. The highest BCUT2D eigenvalue weighted by Crippen LogP contribution is 2.58. The summed E-state index contributed by atoms with van der Waals surface area (Å²) in [4.78, 5) is 9.87. The lowest BCUT2D eigenvalue weighted by atomic mass is 10.0. The monoisotopic (exact) mass is 285 g/mol. The van der Waals surface area contributed by atoms with Crippen LogP contribution in [0.1, 0.15) is 16.7 Å². The van der Waals surface area contributed by atoms with Crippen molar-refractivity contribution in [1.82, 2.24) is 10.4 Å². The lowest BCUT2D eigenvalue weighted by Gasteiger charge is -2.27. The van der Waals surface area contributed by atoms with E-state index in [9.17, 15) is 9.46 Å². The first-order chi connectivity index (χ1) is 8.36. The second-order valence-electron chi connectivity index (χ2n) is 4.29. The van der Waals surface area contributed by atoms with Crippen molar-refractivity contribution in [2.75, 3.05) is 14.2 Å². The van der Waals surface area contributed by atoms with Crippen LogP contribution in [0.15, 0.2) is 18.3 Å². The van der Waals surface area contributed by atoms with Crippen LogP contribution in [0.4, 0.5) is 5.69 Å². The van der Waals surface area contributed by atoms with Crippen molar-refractivity contribution in [2.24, 2.45) is 0 Å². The van der Waals surface area contributed by atoms with Crippen LogP contribution in [-0.2, 0) is 9.09 Å². The second kappa shape index (κ2) is 5.35. The minimum Gasteiger partial charge on any atom is -0.412 e. The van der Waals surface area contributed by atoms with Crippen molar-refractivity contribution in [1.29, 1.82) is 0 Å². The second-order valence-corrected chi connectivity index (χ2v) is 6.18. The normalized spacial score (nSPS) is 16.7. The Balaban J connectivity index is 0.00000180. The van der Waals surface area contributed by atoms with Gasteiger partial charge in [0, 0.05) is 25.9 Å². The van der Waals surface area contributed by atoms with Gasteiger partial charge in [0.2, 0.25) is 0 Å². The van der Waals surface area contributed by atoms with Crippen molar-refractivity contribution in [3.05, 3.63) is 35.0 Å². The zero-order valence-corrected chi connectivity index (χ0v) is 12.2. The summed E-state index contributed by atoms with van der Waals surface area (Å²) in [7, 11) is -0.841. The molecule has 7 heteroatoms. The minimum atomic E-state index is -3.79. The predicted octanol–water partition coefficient (Wildman–Crippen LogP) is 1.71. The van der Waals surface area contributed by atoms with Crippen LogP contribution < -0.4 is 5.43 Å². The Labute approximate surface area is 112 Å². The summed E-state index contributed by atoms with van der Waals surface area (Å²) in [5, 5.41) is 1.81. The molecule has 1 aliphatic heterocycles. The Morgan fingerprint density at radius 1 is 1.37 bits per heavy atom. The molecule has 0 aliphatic carbocycles. The fourth-order valence-corrected chi connectivity index (χ4v) is 2.89. The molecule has 2 rings (SSSR count). The Kier molecular flexibility index (Phi) is 4.43. The van der Waals surface area contributed by atoms with E-state index in [4.69, 9.17) is 4.52 Å². The first kappa shape index (κ1) is 15.7. The third-order valence-corrected chi connectivity index (χ3v) is 4.56. The van der Waals surface area contributed by atoms with Gasteiger partial charge in [-0.25, -0.2) is 0 Å². The largest absolute Gasteiger partial charge is 0.412 e. The van der Waals surface area contributed by atoms with Crippen LogP contribution in [0.5, 0.6) is 0 Å². The zero-order chi connectivity index (χ0) is 13.5. The number of nitrogens with zero attached hydrogens (tertiary/aromatic N) is 2. The molecule has 1 heterocycles. The molecule has 105 valence electrons. The van der Waals surface area contributed by atoms with Gasteiger partial charge in [-0.3, -0.25) is 9.57 Å². The van der Waals surface area contributed by atoms with Crippen molar-refractivity contribution in [3.63, 3.8) is 0 Å². The molecule has 1 atom stereocenters. The maximum Gasteiger partial charge on any atom is 0.360 e. The average Bonchev–Trinajstić information content (AvgIpc) is 2.33. The summed E-state index contributed by atoms with van der Waals surface area (Å²) < 4.78 is 16.8. The molecule has 0 spiro atoms. The SMILES string of the molecule is COP(=O)(O)C1=CN(C)[N]c2c1ccc(C)c2C.O. The van der Waals surface area contributed by atoms with E-state index in [0.29, 0.717) is 5.56 Å². The van der Waals surface area contributed by atoms with Gasteiger partial charge in [0.1, 0.15) is 0 Å². The smallest absolute Gasteiger partial charge is 0.360 e. The van der Waals surface area contributed by atoms with Gasteiger partial charge >= 0.3 is 7.60 Å². The van der Waals surface area contributed by atoms with Crippen molar-refractivity contribution < 1.29 is 19.5 Å². The summed E-state index contributed by atoms with van der Waals surface area (Å²) in [6, 6.07) is 3.72. The molecule has 1 aromatic rings. The van der Waals surface area contributed by atoms with Gasteiger partial charge in [0.15, 0.2) is 0 Å². The van der Waals surface area contributed by atoms with Gasteiger partial charge in [0.05, 0.1) is 11.0 Å². The van der Waals surface area contributed by atoms with E-state index in [1.807, 2.05) is 26.0 Å². The number of fused-ring (bicyclic) bond motifs is 1. The fraction of sp³-hybridized carbons (Fsp3) is 0.333. The standard InChI is InChI=1S/C12H16N2O3P.H2O/c1-8-5-6-10-11(18(15,16)17-4)7-14(3)13-12(10)9(8)2;/h5-7H,1-4H3,(H,15,16);1H2. The van der Waals surface area contributed by atoms with E-state index in [0.717, 1.165) is 16.8 Å². The summed E-state index contributed by atoms with van der Waals surface area (Å²) in [6.45, 7) is 3.93. The van der Waals surface area contributed by atoms with Crippen LogP contribution in [0, 0.1) is 13.8 Å². The van der Waals surface area contributed by atoms with Crippen molar-refractivity contribution in [2.45, 2.75) is 13.8 Å². The maximum atomic E-state index is 12.0. The molecular formula is C12H18N2O4P. The Hall–Kier alpha value is -1.33. The van der Waals surface area contributed by atoms with Crippen LogP contribution in [0.3, 0.4) is 0 Å². The molecule has 0 aromatic heterocycles. The highest BCUT2D eigenvalue weighted by Gasteiger charge is 2.32. The molecular weight excluding hydrogens is 267 g/mol. The van der Waals surface area contributed by atoms with Gasteiger partial charge in [-0.05, 0) is 25.0 Å². The number of hydrogen-bond donors (Lipinski definition) is 1. The van der Waals surface area contributed by atoms with E-state index < -0.39 is 7.60 Å². The maximum absolute atomic E-state index is 12.0. The number of rotatable bonds is 2. The van der Waals surface area contributed by atoms with Gasteiger partial charge in [0.25, 0.3) is 0 Å². The average molecular weight is 285 g/mol. The minimum absolute atomic E-state index is 0. The molecule has 0 saturated heterocycles. The molecule has 1 radical (unpaired) electrons. The molecule has 0 saturated carbocycles. The van der Waals surface area contributed by atoms with E-state index >= 15 is 0 Å². The van der Waals surface area contributed by atoms with E-state index in [-0.39, 0.29) is 10.8 Å². The van der Waals surface area contributed by atoms with Gasteiger partial charge < -0.3 is 14.9 Å². The quantitative estimate of drug-likeness (QED) is 0.836. The summed E-state index contributed by atoms with van der Waals surface area (Å²) in [5.41, 5.74) is 7.85. The summed E-state index contributed by atoms with van der Waals surface area (Å²) in [6.07, 6.45) is 1.53. The van der Waals surface area contributed by atoms with Gasteiger partial charge in [-0.1, -0.05) is 12.1 Å². The number of aryl methyl sites for hydroxylation is 1. The van der Waals surface area contributed by atoms with Crippen molar-refractivity contribution in [3.8, 4) is 0 Å². The van der Waals surface area contributed by atoms with Crippen molar-refractivity contribution >= 4 is 18.6 Å². The third-order valence-electron chi connectivity index (χ3n) is 3.10. The molecule has 1 aliphatic rings. The topological polar surface area (TPSA) is 95.4 Å². The zero-order valence-electron chi connectivity index (χ0n) is 11.3. The molecule has 1 aromatic carbocycles. The Morgan fingerprint density at radius 2 is 2.00 bits per heavy atom. The molecule has 3 N–H and O–H groups in total. The molecule has 0 amide bonds. The number of hydrogen-bond acceptors (Lipinski definition) is 3. The fourth-order valence-electron chi connectivity index (χ4n) is 1.89. The van der Waals surface area contributed by atoms with Crippen LogP contribution >= 0.6 is 7.60 Å². The lowest BCUT2D eigenvalue weighted by molar-refractivity contribution is 0.325. The third kappa shape index (κ3) is 2.67. The lowest BCUT2D eigenvalue weighted by Crippen LogP contribution is -2.24. The summed E-state index contributed by atoms with van der Waals surface area (Å²) in [5.74, 6) is 0. The summed E-state index contributed by atoms with van der Waals surface area (Å²) >= 11 is 0. The van der Waals surface area contributed by atoms with Crippen LogP contribution in [0.2, 0.25) is 0 Å². The molecule has 6 nitrogen and oxygen atoms in total. The van der Waals surface area contributed by atoms with Gasteiger partial charge in [-0.15, -0.1) is 0 Å². The Bertz CT molecular complexity index is 571. The predicted molar refractivity (Wildman–Crippen MR) is 73.9 cm³/mol. The highest BCUT2D eigenvalue weighted by atomic mass is 31.2. The molecule has 19 heavy (non-hydrogen) atoms. The highest BCUT2D eigenvalue weighted by molar-refractivity contribution is 7.64. The first-order valence-corrected chi connectivity index (χ1v) is 7.10. The Morgan fingerprint density at radius 3 is 2.58 bits per heavy atom. The van der Waals surface area contributed by atoms with Gasteiger partial charge in [-0.2, -0.15) is 5.43 Å².